The summed E-state index contributed by atoms with van der Waals surface area (Å²) >= 11 is 6.60. The van der Waals surface area contributed by atoms with Crippen molar-refractivity contribution in [2.45, 2.75) is 17.5 Å². The zero-order valence-corrected chi connectivity index (χ0v) is 22.8. The number of hydrogen-bond acceptors (Lipinski definition) is 5. The van der Waals surface area contributed by atoms with E-state index >= 15 is 0 Å². The third-order valence-corrected chi connectivity index (χ3v) is 8.94. The second-order valence-corrected chi connectivity index (χ2v) is 10.9. The molecule has 202 valence electrons. The minimum absolute atomic E-state index is 0.271. The van der Waals surface area contributed by atoms with Crippen molar-refractivity contribution >= 4 is 40.8 Å². The quantitative estimate of drug-likeness (QED) is 0.289. The van der Waals surface area contributed by atoms with Gasteiger partial charge in [-0.25, -0.2) is 0 Å². The summed E-state index contributed by atoms with van der Waals surface area (Å²) in [5.74, 6) is -1.52. The molecule has 1 saturated heterocycles. The third kappa shape index (κ3) is 3.54. The van der Waals surface area contributed by atoms with Gasteiger partial charge < -0.3 is 15.0 Å². The number of rotatable bonds is 5. The number of para-hydroxylation sites is 1. The van der Waals surface area contributed by atoms with Crippen LogP contribution < -0.4 is 10.1 Å². The van der Waals surface area contributed by atoms with Gasteiger partial charge in [-0.3, -0.25) is 14.4 Å². The van der Waals surface area contributed by atoms with Gasteiger partial charge in [0.25, 0.3) is 0 Å². The number of hydrogen-bond donors (Lipinski definition) is 1. The molecule has 0 saturated carbocycles. The lowest BCUT2D eigenvalue weighted by Gasteiger charge is -2.38. The second-order valence-electron chi connectivity index (χ2n) is 10.5. The van der Waals surface area contributed by atoms with Gasteiger partial charge in [0.15, 0.2) is 11.6 Å². The number of fused-ring (bicyclic) bond motifs is 6. The molecule has 41 heavy (non-hydrogen) atoms. The molecule has 1 spiro atoms. The molecule has 7 rings (SSSR count). The first-order chi connectivity index (χ1) is 20.0. The van der Waals surface area contributed by atoms with Gasteiger partial charge >= 0.3 is 0 Å². The molecule has 3 aliphatic rings. The van der Waals surface area contributed by atoms with Crippen LogP contribution in [0.15, 0.2) is 103 Å². The van der Waals surface area contributed by atoms with Crippen molar-refractivity contribution in [2.24, 2.45) is 5.92 Å². The number of methoxy groups -OCH3 is 1. The van der Waals surface area contributed by atoms with E-state index in [1.165, 1.54) is 7.11 Å². The molecule has 0 bridgehead atoms. The van der Waals surface area contributed by atoms with Crippen LogP contribution in [0.1, 0.15) is 43.4 Å². The molecule has 0 aliphatic carbocycles. The molecule has 4 aromatic rings. The summed E-state index contributed by atoms with van der Waals surface area (Å²) in [6.07, 6.45) is 3.79. The van der Waals surface area contributed by atoms with E-state index in [4.69, 9.17) is 16.3 Å². The van der Waals surface area contributed by atoms with E-state index < -0.39 is 23.4 Å². The van der Waals surface area contributed by atoms with Crippen LogP contribution in [0.4, 0.5) is 5.69 Å². The highest BCUT2D eigenvalue weighted by atomic mass is 35.5. The van der Waals surface area contributed by atoms with Gasteiger partial charge in [-0.15, -0.1) is 0 Å². The highest BCUT2D eigenvalue weighted by Gasteiger charge is 2.70. The van der Waals surface area contributed by atoms with Crippen molar-refractivity contribution in [2.75, 3.05) is 12.4 Å². The van der Waals surface area contributed by atoms with Gasteiger partial charge in [-0.2, -0.15) is 0 Å². The number of nitrogens with zero attached hydrogens (tertiary/aromatic N) is 1. The fourth-order valence-corrected chi connectivity index (χ4v) is 7.17. The number of amides is 1. The van der Waals surface area contributed by atoms with Gasteiger partial charge in [-0.05, 0) is 53.1 Å². The lowest BCUT2D eigenvalue weighted by molar-refractivity contribution is -0.122. The molecule has 6 nitrogen and oxygen atoms in total. The molecule has 0 unspecified atom stereocenters. The number of ether oxygens (including phenoxy) is 1. The number of nitrogens with one attached hydrogen (secondary N) is 1. The first-order valence-electron chi connectivity index (χ1n) is 13.4. The molecule has 1 amide bonds. The Labute approximate surface area is 242 Å². The number of halogens is 1. The first kappa shape index (κ1) is 25.3. The predicted octanol–water partition coefficient (Wildman–Crippen LogP) is 6.33. The molecule has 3 aliphatic heterocycles. The fraction of sp³-hybridized carbons (Fsp3) is 0.147. The van der Waals surface area contributed by atoms with E-state index in [0.29, 0.717) is 22.6 Å². The minimum Gasteiger partial charge on any atom is -0.497 e. The van der Waals surface area contributed by atoms with Crippen molar-refractivity contribution in [1.29, 1.82) is 0 Å². The van der Waals surface area contributed by atoms with E-state index in [9.17, 15) is 14.4 Å². The average Bonchev–Trinajstić information content (AvgIpc) is 3.49. The molecular formula is C34H25ClN2O4. The van der Waals surface area contributed by atoms with Gasteiger partial charge in [-0.1, -0.05) is 78.3 Å². The fourth-order valence-electron chi connectivity index (χ4n) is 6.94. The summed E-state index contributed by atoms with van der Waals surface area (Å²) in [5.41, 5.74) is 2.39. The lowest BCUT2D eigenvalue weighted by atomic mass is 9.62. The lowest BCUT2D eigenvalue weighted by Crippen LogP contribution is -2.49. The highest BCUT2D eigenvalue weighted by molar-refractivity contribution is 6.34. The Bertz CT molecular complexity index is 1780. The highest BCUT2D eigenvalue weighted by Crippen LogP contribution is 2.62. The summed E-state index contributed by atoms with van der Waals surface area (Å²) in [6, 6.07) is 27.3. The Kier molecular flexibility index (Phi) is 5.84. The van der Waals surface area contributed by atoms with Gasteiger partial charge in [0, 0.05) is 23.0 Å². The zero-order chi connectivity index (χ0) is 28.3. The first-order valence-corrected chi connectivity index (χ1v) is 13.8. The molecule has 4 atom stereocenters. The van der Waals surface area contributed by atoms with Crippen LogP contribution in [0.25, 0.3) is 6.08 Å². The molecule has 0 aromatic heterocycles. The topological polar surface area (TPSA) is 75.7 Å². The maximum absolute atomic E-state index is 14.8. The number of anilines is 1. The number of Topliss-reactive ketones (excluding diaryl/α,β-unsaturated/α-hetero) is 2. The molecule has 4 aromatic carbocycles. The molecule has 1 N–H and O–H groups in total. The number of carbonyl (C=O) groups excluding carboxylic acids is 3. The van der Waals surface area contributed by atoms with Crippen molar-refractivity contribution in [3.8, 4) is 5.75 Å². The van der Waals surface area contributed by atoms with Crippen molar-refractivity contribution in [3.05, 3.63) is 136 Å². The summed E-state index contributed by atoms with van der Waals surface area (Å²) < 4.78 is 5.41. The van der Waals surface area contributed by atoms with Crippen molar-refractivity contribution in [3.63, 3.8) is 0 Å². The van der Waals surface area contributed by atoms with Crippen LogP contribution in [0, 0.1) is 5.92 Å². The summed E-state index contributed by atoms with van der Waals surface area (Å²) in [5, 5.41) is 3.33. The Morgan fingerprint density at radius 1 is 0.902 bits per heavy atom. The SMILES string of the molecule is COc1cccc(C(=O)[C@@H]2[C@H](C(=O)c3ccccc3Cl)[C@@]3(C(=O)Nc4ccccc43)[C@H]3c4ccccc4C=CN23)c1. The normalized spacial score (nSPS) is 23.5. The standard InChI is InChI=1S/C34H25ClN2O4/c1-41-22-11-8-10-21(19-22)30(38)29-28(31(39)24-13-4-6-15-26(24)35)34(25-14-5-7-16-27(25)36-33(34)40)32-23-12-3-2-9-20(23)17-18-37(29)32/h2-19,28-29,32H,1H3,(H,36,40)/t28-,29+,32-,34-/m1/s1. The predicted molar refractivity (Wildman–Crippen MR) is 157 cm³/mol. The molecular weight excluding hydrogens is 536 g/mol. The van der Waals surface area contributed by atoms with Gasteiger partial charge in [0.1, 0.15) is 17.2 Å². The maximum atomic E-state index is 14.8. The van der Waals surface area contributed by atoms with E-state index in [-0.39, 0.29) is 28.1 Å². The van der Waals surface area contributed by atoms with Crippen molar-refractivity contribution < 1.29 is 19.1 Å². The maximum Gasteiger partial charge on any atom is 0.238 e. The third-order valence-electron chi connectivity index (χ3n) is 8.62. The van der Waals surface area contributed by atoms with Crippen LogP contribution in [0.2, 0.25) is 5.02 Å². The largest absolute Gasteiger partial charge is 0.497 e. The average molecular weight is 561 g/mol. The minimum atomic E-state index is -1.41. The van der Waals surface area contributed by atoms with E-state index in [1.54, 1.807) is 48.5 Å². The Morgan fingerprint density at radius 2 is 1.66 bits per heavy atom. The second kappa shape index (κ2) is 9.46. The van der Waals surface area contributed by atoms with Crippen LogP contribution in [-0.2, 0) is 10.2 Å². The van der Waals surface area contributed by atoms with Crippen molar-refractivity contribution in [1.82, 2.24) is 4.90 Å². The van der Waals surface area contributed by atoms with Gasteiger partial charge in [0.05, 0.1) is 24.1 Å². The van der Waals surface area contributed by atoms with E-state index in [1.807, 2.05) is 65.7 Å². The number of ketones is 2. The number of carbonyl (C=O) groups is 3. The van der Waals surface area contributed by atoms with Crippen LogP contribution in [0.3, 0.4) is 0 Å². The molecule has 0 radical (unpaired) electrons. The summed E-state index contributed by atoms with van der Waals surface area (Å²) in [7, 11) is 1.54. The van der Waals surface area contributed by atoms with Crippen LogP contribution in [-0.4, -0.2) is 35.5 Å². The van der Waals surface area contributed by atoms with Crippen LogP contribution >= 0.6 is 11.6 Å². The Hall–Kier alpha value is -4.68. The van der Waals surface area contributed by atoms with Gasteiger partial charge in [0.2, 0.25) is 5.91 Å². The summed E-state index contributed by atoms with van der Waals surface area (Å²) in [6.45, 7) is 0. The van der Waals surface area contributed by atoms with E-state index in [2.05, 4.69) is 5.32 Å². The Balaban J connectivity index is 1.54. The summed E-state index contributed by atoms with van der Waals surface area (Å²) in [4.78, 5) is 45.8. The zero-order valence-electron chi connectivity index (χ0n) is 22.1. The Morgan fingerprint density at radius 3 is 2.49 bits per heavy atom. The monoisotopic (exact) mass is 560 g/mol. The smallest absolute Gasteiger partial charge is 0.238 e. The van der Waals surface area contributed by atoms with E-state index in [0.717, 1.165) is 11.1 Å². The molecule has 3 heterocycles. The molecule has 1 fully saturated rings. The van der Waals surface area contributed by atoms with Crippen LogP contribution in [0.5, 0.6) is 5.75 Å². The molecule has 7 heteroatoms. The number of benzene rings is 4.